The minimum atomic E-state index is -0.415. The molecule has 2 aromatic carbocycles. The summed E-state index contributed by atoms with van der Waals surface area (Å²) in [4.78, 5) is 16.2. The number of alkyl carbamates (subject to hydrolysis) is 1. The van der Waals surface area contributed by atoms with Crippen molar-refractivity contribution in [2.45, 2.75) is 12.3 Å². The average molecular weight is 368 g/mol. The predicted octanol–water partition coefficient (Wildman–Crippen LogP) is 4.36. The van der Waals surface area contributed by atoms with Gasteiger partial charge in [0.05, 0.1) is 0 Å². The van der Waals surface area contributed by atoms with Crippen LogP contribution >= 0.6 is 0 Å². The molecule has 0 radical (unpaired) electrons. The maximum Gasteiger partial charge on any atom is 0.407 e. The lowest BCUT2D eigenvalue weighted by atomic mass is 9.98. The van der Waals surface area contributed by atoms with Crippen molar-refractivity contribution in [3.05, 3.63) is 89.7 Å². The zero-order valence-electron chi connectivity index (χ0n) is 15.4. The second kappa shape index (κ2) is 8.41. The van der Waals surface area contributed by atoms with Gasteiger partial charge in [-0.15, -0.1) is 0 Å². The lowest BCUT2D eigenvalue weighted by Crippen LogP contribution is -2.26. The van der Waals surface area contributed by atoms with Crippen LogP contribution in [0.2, 0.25) is 0 Å². The second-order valence-corrected chi connectivity index (χ2v) is 6.52. The molecule has 4 heteroatoms. The van der Waals surface area contributed by atoms with Gasteiger partial charge in [-0.2, -0.15) is 0 Å². The lowest BCUT2D eigenvalue weighted by molar-refractivity contribution is 0.143. The van der Waals surface area contributed by atoms with Crippen molar-refractivity contribution in [1.82, 2.24) is 10.3 Å². The van der Waals surface area contributed by atoms with Gasteiger partial charge in [0.25, 0.3) is 0 Å². The lowest BCUT2D eigenvalue weighted by Gasteiger charge is -2.14. The van der Waals surface area contributed by atoms with E-state index < -0.39 is 6.09 Å². The maximum absolute atomic E-state index is 12.1. The summed E-state index contributed by atoms with van der Waals surface area (Å²) in [5.41, 5.74) is 5.58. The predicted molar refractivity (Wildman–Crippen MR) is 109 cm³/mol. The summed E-state index contributed by atoms with van der Waals surface area (Å²) in [6, 6.07) is 22.2. The van der Waals surface area contributed by atoms with Crippen molar-refractivity contribution in [2.24, 2.45) is 0 Å². The smallest absolute Gasteiger partial charge is 0.407 e. The van der Waals surface area contributed by atoms with Gasteiger partial charge in [0, 0.05) is 25.1 Å². The number of carbonyl (C=O) groups is 1. The van der Waals surface area contributed by atoms with Gasteiger partial charge in [-0.05, 0) is 40.3 Å². The van der Waals surface area contributed by atoms with Crippen molar-refractivity contribution in [1.29, 1.82) is 0 Å². The summed E-state index contributed by atoms with van der Waals surface area (Å²) in [5.74, 6) is 6.03. The summed E-state index contributed by atoms with van der Waals surface area (Å²) in [7, 11) is 0. The van der Waals surface area contributed by atoms with Crippen molar-refractivity contribution in [2.75, 3.05) is 13.2 Å². The molecule has 0 saturated heterocycles. The van der Waals surface area contributed by atoms with Gasteiger partial charge in [0.15, 0.2) is 0 Å². The number of ether oxygens (including phenoxy) is 1. The molecule has 1 amide bonds. The van der Waals surface area contributed by atoms with Crippen LogP contribution in [0.15, 0.2) is 72.9 Å². The SMILES string of the molecule is O=C(NCCC#Cc1ccccn1)OCC1c2ccccc2-c2ccccc21. The fourth-order valence-electron chi connectivity index (χ4n) is 3.47. The third kappa shape index (κ3) is 3.89. The Labute approximate surface area is 164 Å². The Morgan fingerprint density at radius 2 is 1.64 bits per heavy atom. The largest absolute Gasteiger partial charge is 0.449 e. The standard InChI is InChI=1S/C24H20N2O2/c27-24(26-16-8-6-10-18-9-5-7-15-25-18)28-17-23-21-13-3-1-11-19(21)20-12-2-4-14-22(20)23/h1-5,7,9,11-15,23H,8,16-17H2,(H,26,27). The molecular formula is C24H20N2O2. The normalized spacial score (nSPS) is 11.7. The van der Waals surface area contributed by atoms with Gasteiger partial charge in [0.2, 0.25) is 0 Å². The molecule has 1 aliphatic rings. The van der Waals surface area contributed by atoms with Gasteiger partial charge >= 0.3 is 6.09 Å². The molecule has 0 aliphatic heterocycles. The number of fused-ring (bicyclic) bond motifs is 3. The van der Waals surface area contributed by atoms with E-state index in [-0.39, 0.29) is 5.92 Å². The van der Waals surface area contributed by atoms with Gasteiger partial charge in [-0.1, -0.05) is 60.5 Å². The summed E-state index contributed by atoms with van der Waals surface area (Å²) in [5, 5.41) is 2.76. The molecular weight excluding hydrogens is 348 g/mol. The highest BCUT2D eigenvalue weighted by molar-refractivity contribution is 5.79. The van der Waals surface area contributed by atoms with Crippen LogP contribution in [0.3, 0.4) is 0 Å². The number of hydrogen-bond acceptors (Lipinski definition) is 3. The Hall–Kier alpha value is -3.58. The Bertz CT molecular complexity index is 989. The molecule has 0 fully saturated rings. The molecule has 1 heterocycles. The van der Waals surface area contributed by atoms with E-state index in [4.69, 9.17) is 4.74 Å². The molecule has 3 aromatic rings. The first-order chi connectivity index (χ1) is 13.8. The van der Waals surface area contributed by atoms with Crippen molar-refractivity contribution < 1.29 is 9.53 Å². The number of nitrogens with one attached hydrogen (secondary N) is 1. The van der Waals surface area contributed by atoms with Crippen LogP contribution < -0.4 is 5.32 Å². The van der Waals surface area contributed by atoms with E-state index in [1.165, 1.54) is 22.3 Å². The van der Waals surface area contributed by atoms with E-state index in [2.05, 4.69) is 46.4 Å². The molecule has 0 bridgehead atoms. The summed E-state index contributed by atoms with van der Waals surface area (Å²) >= 11 is 0. The molecule has 4 nitrogen and oxygen atoms in total. The van der Waals surface area contributed by atoms with Gasteiger partial charge in [0.1, 0.15) is 12.3 Å². The zero-order chi connectivity index (χ0) is 19.2. The highest BCUT2D eigenvalue weighted by atomic mass is 16.5. The van der Waals surface area contributed by atoms with Gasteiger partial charge in [-0.25, -0.2) is 9.78 Å². The Morgan fingerprint density at radius 1 is 0.964 bits per heavy atom. The molecule has 0 unspecified atom stereocenters. The minimum Gasteiger partial charge on any atom is -0.449 e. The van der Waals surface area contributed by atoms with E-state index in [9.17, 15) is 4.79 Å². The number of pyridine rings is 1. The van der Waals surface area contributed by atoms with Gasteiger partial charge in [-0.3, -0.25) is 0 Å². The summed E-state index contributed by atoms with van der Waals surface area (Å²) in [6.45, 7) is 0.760. The van der Waals surface area contributed by atoms with E-state index in [0.717, 1.165) is 5.69 Å². The third-order valence-electron chi connectivity index (χ3n) is 4.74. The molecule has 1 aromatic heterocycles. The summed E-state index contributed by atoms with van der Waals surface area (Å²) < 4.78 is 5.49. The molecule has 4 rings (SSSR count). The molecule has 28 heavy (non-hydrogen) atoms. The molecule has 0 spiro atoms. The first-order valence-electron chi connectivity index (χ1n) is 9.31. The number of hydrogen-bond donors (Lipinski definition) is 1. The molecule has 0 atom stereocenters. The number of nitrogens with zero attached hydrogens (tertiary/aromatic N) is 1. The number of aromatic nitrogens is 1. The van der Waals surface area contributed by atoms with Crippen LogP contribution in [0.25, 0.3) is 11.1 Å². The number of amides is 1. The van der Waals surface area contributed by atoms with Crippen LogP contribution in [-0.4, -0.2) is 24.2 Å². The van der Waals surface area contributed by atoms with Crippen LogP contribution in [0, 0.1) is 11.8 Å². The number of benzene rings is 2. The first kappa shape index (κ1) is 17.8. The van der Waals surface area contributed by atoms with Crippen LogP contribution in [0.1, 0.15) is 29.2 Å². The fourth-order valence-corrected chi connectivity index (χ4v) is 3.47. The van der Waals surface area contributed by atoms with Crippen molar-refractivity contribution in [3.63, 3.8) is 0 Å². The first-order valence-corrected chi connectivity index (χ1v) is 9.31. The Kier molecular flexibility index (Phi) is 5.35. The third-order valence-corrected chi connectivity index (χ3v) is 4.74. The zero-order valence-corrected chi connectivity index (χ0v) is 15.4. The minimum absolute atomic E-state index is 0.0714. The summed E-state index contributed by atoms with van der Waals surface area (Å²) in [6.07, 6.45) is 1.83. The highest BCUT2D eigenvalue weighted by Gasteiger charge is 2.28. The molecule has 0 saturated carbocycles. The molecule has 138 valence electrons. The van der Waals surface area contributed by atoms with E-state index >= 15 is 0 Å². The van der Waals surface area contributed by atoms with E-state index in [0.29, 0.717) is 19.6 Å². The maximum atomic E-state index is 12.1. The van der Waals surface area contributed by atoms with Crippen molar-refractivity contribution in [3.8, 4) is 23.0 Å². The van der Waals surface area contributed by atoms with Crippen LogP contribution in [0.4, 0.5) is 4.79 Å². The Morgan fingerprint density at radius 3 is 2.32 bits per heavy atom. The highest BCUT2D eigenvalue weighted by Crippen LogP contribution is 2.44. The van der Waals surface area contributed by atoms with Crippen LogP contribution in [0.5, 0.6) is 0 Å². The van der Waals surface area contributed by atoms with E-state index in [1.807, 2.05) is 42.5 Å². The van der Waals surface area contributed by atoms with Crippen molar-refractivity contribution >= 4 is 6.09 Å². The molecule has 1 N–H and O–H groups in total. The quantitative estimate of drug-likeness (QED) is 0.550. The average Bonchev–Trinajstić information content (AvgIpc) is 3.07. The second-order valence-electron chi connectivity index (χ2n) is 6.52. The molecule has 1 aliphatic carbocycles. The Balaban J connectivity index is 1.30. The van der Waals surface area contributed by atoms with Crippen LogP contribution in [-0.2, 0) is 4.74 Å². The monoisotopic (exact) mass is 368 g/mol. The fraction of sp³-hybridized carbons (Fsp3) is 0.167. The van der Waals surface area contributed by atoms with E-state index in [1.54, 1.807) is 6.20 Å². The topological polar surface area (TPSA) is 51.2 Å². The number of carbonyl (C=O) groups excluding carboxylic acids is 1. The van der Waals surface area contributed by atoms with Gasteiger partial charge < -0.3 is 10.1 Å². The number of rotatable bonds is 4.